The van der Waals surface area contributed by atoms with Gasteiger partial charge >= 0.3 is 5.97 Å². The monoisotopic (exact) mass is 429 g/mol. The number of rotatable bonds is 7. The van der Waals surface area contributed by atoms with Crippen molar-refractivity contribution in [3.8, 4) is 0 Å². The number of benzene rings is 2. The molecule has 0 amide bonds. The summed E-state index contributed by atoms with van der Waals surface area (Å²) in [5, 5.41) is 5.02. The maximum absolute atomic E-state index is 12.8. The standard InChI is InChI=1S/C21H23N3O5S/c1-4-12-24-20(25)18-11-6-5-10-17(18)19(22-24)21(26)29-14-15-8-7-9-16(13-15)30(27,28)23(2)3/h5-11,13H,4,12,14H2,1-3H3. The van der Waals surface area contributed by atoms with Crippen LogP contribution in [0.1, 0.15) is 29.4 Å². The molecular weight excluding hydrogens is 406 g/mol. The highest BCUT2D eigenvalue weighted by atomic mass is 32.2. The van der Waals surface area contributed by atoms with Crippen molar-refractivity contribution >= 4 is 26.8 Å². The Morgan fingerprint density at radius 1 is 1.10 bits per heavy atom. The molecule has 0 atom stereocenters. The van der Waals surface area contributed by atoms with Crippen molar-refractivity contribution < 1.29 is 17.9 Å². The SMILES string of the molecule is CCCn1nc(C(=O)OCc2cccc(S(=O)(=O)N(C)C)c2)c2ccccc2c1=O. The predicted octanol–water partition coefficient (Wildman–Crippen LogP) is 2.41. The number of hydrogen-bond donors (Lipinski definition) is 0. The van der Waals surface area contributed by atoms with Gasteiger partial charge in [-0.15, -0.1) is 0 Å². The highest BCUT2D eigenvalue weighted by molar-refractivity contribution is 7.89. The van der Waals surface area contributed by atoms with Gasteiger partial charge in [0.25, 0.3) is 5.56 Å². The lowest BCUT2D eigenvalue weighted by Crippen LogP contribution is -2.26. The second-order valence-electron chi connectivity index (χ2n) is 6.93. The molecule has 0 aliphatic rings. The average molecular weight is 429 g/mol. The zero-order valence-electron chi connectivity index (χ0n) is 17.0. The van der Waals surface area contributed by atoms with E-state index < -0.39 is 16.0 Å². The maximum Gasteiger partial charge on any atom is 0.359 e. The first-order chi connectivity index (χ1) is 14.3. The molecule has 0 saturated heterocycles. The lowest BCUT2D eigenvalue weighted by molar-refractivity contribution is 0.0465. The number of aromatic nitrogens is 2. The lowest BCUT2D eigenvalue weighted by atomic mass is 10.1. The molecule has 0 aliphatic heterocycles. The fourth-order valence-corrected chi connectivity index (χ4v) is 3.95. The van der Waals surface area contributed by atoms with E-state index in [-0.39, 0.29) is 22.8 Å². The highest BCUT2D eigenvalue weighted by Gasteiger charge is 2.20. The fraction of sp³-hybridized carbons (Fsp3) is 0.286. The van der Waals surface area contributed by atoms with Gasteiger partial charge in [-0.2, -0.15) is 5.10 Å². The van der Waals surface area contributed by atoms with Gasteiger partial charge in [0.15, 0.2) is 5.69 Å². The van der Waals surface area contributed by atoms with Gasteiger partial charge in [0.05, 0.1) is 10.3 Å². The van der Waals surface area contributed by atoms with Crippen LogP contribution in [0.2, 0.25) is 0 Å². The summed E-state index contributed by atoms with van der Waals surface area (Å²) >= 11 is 0. The average Bonchev–Trinajstić information content (AvgIpc) is 2.74. The first-order valence-electron chi connectivity index (χ1n) is 9.44. The second-order valence-corrected chi connectivity index (χ2v) is 9.09. The minimum atomic E-state index is -3.59. The summed E-state index contributed by atoms with van der Waals surface area (Å²) in [5.41, 5.74) is 0.318. The Bertz CT molecular complexity index is 1250. The van der Waals surface area contributed by atoms with Crippen molar-refractivity contribution in [1.82, 2.24) is 14.1 Å². The van der Waals surface area contributed by atoms with Gasteiger partial charge in [0, 0.05) is 26.0 Å². The molecule has 0 fully saturated rings. The van der Waals surface area contributed by atoms with Crippen LogP contribution in [0.5, 0.6) is 0 Å². The number of carbonyl (C=O) groups excluding carboxylic acids is 1. The number of nitrogens with zero attached hydrogens (tertiary/aromatic N) is 3. The molecule has 0 aliphatic carbocycles. The molecule has 0 unspecified atom stereocenters. The van der Waals surface area contributed by atoms with Crippen molar-refractivity contribution in [2.24, 2.45) is 0 Å². The van der Waals surface area contributed by atoms with Crippen LogP contribution in [0, 0.1) is 0 Å². The van der Waals surface area contributed by atoms with E-state index >= 15 is 0 Å². The van der Waals surface area contributed by atoms with Crippen molar-refractivity contribution in [2.75, 3.05) is 14.1 Å². The molecule has 0 bridgehead atoms. The van der Waals surface area contributed by atoms with E-state index in [9.17, 15) is 18.0 Å². The maximum atomic E-state index is 12.8. The predicted molar refractivity (Wildman–Crippen MR) is 113 cm³/mol. The Labute approximate surface area is 174 Å². The van der Waals surface area contributed by atoms with E-state index in [0.29, 0.717) is 29.3 Å². The Balaban J connectivity index is 1.90. The molecule has 3 rings (SSSR count). The van der Waals surface area contributed by atoms with Crippen LogP contribution in [0.15, 0.2) is 58.2 Å². The van der Waals surface area contributed by atoms with E-state index in [1.165, 1.54) is 30.9 Å². The summed E-state index contributed by atoms with van der Waals surface area (Å²) in [5.74, 6) is -0.683. The van der Waals surface area contributed by atoms with Gasteiger partial charge in [-0.3, -0.25) is 4.79 Å². The Hall–Kier alpha value is -3.04. The van der Waals surface area contributed by atoms with Crippen molar-refractivity contribution in [1.29, 1.82) is 0 Å². The third-order valence-corrected chi connectivity index (χ3v) is 6.35. The summed E-state index contributed by atoms with van der Waals surface area (Å²) in [6.07, 6.45) is 0.687. The Morgan fingerprint density at radius 2 is 1.80 bits per heavy atom. The third-order valence-electron chi connectivity index (χ3n) is 4.54. The number of ether oxygens (including phenoxy) is 1. The van der Waals surface area contributed by atoms with Crippen LogP contribution in [-0.2, 0) is 27.9 Å². The van der Waals surface area contributed by atoms with Crippen LogP contribution < -0.4 is 5.56 Å². The van der Waals surface area contributed by atoms with Crippen LogP contribution in [0.25, 0.3) is 10.8 Å². The zero-order chi connectivity index (χ0) is 21.9. The molecule has 30 heavy (non-hydrogen) atoms. The number of aryl methyl sites for hydroxylation is 1. The largest absolute Gasteiger partial charge is 0.456 e. The normalized spacial score (nSPS) is 11.7. The first kappa shape index (κ1) is 21.7. The zero-order valence-corrected chi connectivity index (χ0v) is 17.8. The summed E-state index contributed by atoms with van der Waals surface area (Å²) in [4.78, 5) is 25.4. The van der Waals surface area contributed by atoms with E-state index in [2.05, 4.69) is 5.10 Å². The van der Waals surface area contributed by atoms with Gasteiger partial charge in [-0.25, -0.2) is 22.2 Å². The number of sulfonamides is 1. The van der Waals surface area contributed by atoms with Gasteiger partial charge < -0.3 is 4.74 Å². The first-order valence-corrected chi connectivity index (χ1v) is 10.9. The summed E-state index contributed by atoms with van der Waals surface area (Å²) in [6.45, 7) is 2.17. The van der Waals surface area contributed by atoms with Crippen LogP contribution in [0.4, 0.5) is 0 Å². The third kappa shape index (κ3) is 4.27. The van der Waals surface area contributed by atoms with Crippen LogP contribution in [0.3, 0.4) is 0 Å². The van der Waals surface area contributed by atoms with Gasteiger partial charge in [-0.1, -0.05) is 37.3 Å². The number of fused-ring (bicyclic) bond motifs is 1. The van der Waals surface area contributed by atoms with Crippen molar-refractivity contribution in [2.45, 2.75) is 31.4 Å². The number of esters is 1. The summed E-state index contributed by atoms with van der Waals surface area (Å²) in [6, 6.07) is 13.0. The summed E-state index contributed by atoms with van der Waals surface area (Å²) < 4.78 is 32.4. The van der Waals surface area contributed by atoms with E-state index in [0.717, 1.165) is 4.31 Å². The summed E-state index contributed by atoms with van der Waals surface area (Å²) in [7, 11) is -0.696. The molecule has 0 N–H and O–H groups in total. The second kappa shape index (κ2) is 8.76. The highest BCUT2D eigenvalue weighted by Crippen LogP contribution is 2.18. The molecule has 3 aromatic rings. The van der Waals surface area contributed by atoms with Crippen LogP contribution >= 0.6 is 0 Å². The minimum Gasteiger partial charge on any atom is -0.456 e. The Morgan fingerprint density at radius 3 is 2.47 bits per heavy atom. The molecule has 9 heteroatoms. The van der Waals surface area contributed by atoms with E-state index in [1.807, 2.05) is 6.92 Å². The Kier molecular flexibility index (Phi) is 6.33. The van der Waals surface area contributed by atoms with Crippen LogP contribution in [-0.4, -0.2) is 42.6 Å². The topological polar surface area (TPSA) is 98.6 Å². The van der Waals surface area contributed by atoms with E-state index in [4.69, 9.17) is 4.74 Å². The number of hydrogen-bond acceptors (Lipinski definition) is 6. The molecule has 0 spiro atoms. The lowest BCUT2D eigenvalue weighted by Gasteiger charge is -2.13. The van der Waals surface area contributed by atoms with Crippen molar-refractivity contribution in [3.63, 3.8) is 0 Å². The molecular formula is C21H23N3O5S. The number of carbonyl (C=O) groups is 1. The quantitative estimate of drug-likeness (QED) is 0.535. The van der Waals surface area contributed by atoms with Gasteiger partial charge in [-0.05, 0) is 30.2 Å². The molecule has 0 saturated carbocycles. The van der Waals surface area contributed by atoms with Gasteiger partial charge in [0.1, 0.15) is 6.61 Å². The molecule has 0 radical (unpaired) electrons. The smallest absolute Gasteiger partial charge is 0.359 e. The molecule has 8 nitrogen and oxygen atoms in total. The van der Waals surface area contributed by atoms with Crippen molar-refractivity contribution in [3.05, 3.63) is 70.1 Å². The van der Waals surface area contributed by atoms with Gasteiger partial charge in [0.2, 0.25) is 10.0 Å². The molecule has 158 valence electrons. The fourth-order valence-electron chi connectivity index (χ4n) is 2.97. The molecule has 1 heterocycles. The van der Waals surface area contributed by atoms with E-state index in [1.54, 1.807) is 36.4 Å². The molecule has 1 aromatic heterocycles. The molecule has 2 aromatic carbocycles. The minimum absolute atomic E-state index is 0.0516.